The molecule has 1 aromatic heterocycles. The molecule has 3 nitrogen and oxygen atoms in total. The smallest absolute Gasteiger partial charge is 0.201 e. The van der Waals surface area contributed by atoms with Crippen molar-refractivity contribution in [2.45, 2.75) is 97.3 Å². The molecule has 0 saturated carbocycles. The molecule has 0 saturated heterocycles. The van der Waals surface area contributed by atoms with Crippen LogP contribution in [-0.2, 0) is 0 Å². The van der Waals surface area contributed by atoms with E-state index in [-0.39, 0.29) is 17.1 Å². The van der Waals surface area contributed by atoms with Crippen LogP contribution in [0.5, 0.6) is 5.75 Å². The van der Waals surface area contributed by atoms with E-state index in [0.29, 0.717) is 6.61 Å². The molecule has 33 heavy (non-hydrogen) atoms. The number of unbranched alkanes of at least 4 members (excludes halogenated alkanes) is 11. The van der Waals surface area contributed by atoms with Crippen LogP contribution in [0.25, 0.3) is 17.5 Å². The number of benzene rings is 1. The van der Waals surface area contributed by atoms with Gasteiger partial charge in [-0.3, -0.25) is 0 Å². The Kier molecular flexibility index (Phi) is 13.3. The predicted molar refractivity (Wildman–Crippen MR) is 133 cm³/mol. The van der Waals surface area contributed by atoms with Gasteiger partial charge in [0.1, 0.15) is 0 Å². The van der Waals surface area contributed by atoms with E-state index in [2.05, 4.69) is 29.9 Å². The summed E-state index contributed by atoms with van der Waals surface area (Å²) in [7, 11) is 0. The van der Waals surface area contributed by atoms with Gasteiger partial charge in [-0.05, 0) is 31.4 Å². The van der Waals surface area contributed by atoms with Crippen molar-refractivity contribution in [3.8, 4) is 17.1 Å². The van der Waals surface area contributed by atoms with Crippen molar-refractivity contribution >= 4 is 6.08 Å². The molecule has 0 atom stereocenters. The quantitative estimate of drug-likeness (QED) is 0.222. The molecule has 1 heterocycles. The average molecular weight is 459 g/mol. The third-order valence-electron chi connectivity index (χ3n) is 5.75. The molecule has 0 aliphatic heterocycles. The Morgan fingerprint density at radius 2 is 1.36 bits per heavy atom. The van der Waals surface area contributed by atoms with Crippen molar-refractivity contribution in [2.75, 3.05) is 6.61 Å². The van der Waals surface area contributed by atoms with Gasteiger partial charge in [0.05, 0.1) is 12.2 Å². The van der Waals surface area contributed by atoms with Crippen molar-refractivity contribution in [2.24, 2.45) is 0 Å². The van der Waals surface area contributed by atoms with Gasteiger partial charge in [0.25, 0.3) is 0 Å². The fourth-order valence-corrected chi connectivity index (χ4v) is 3.71. The van der Waals surface area contributed by atoms with Gasteiger partial charge >= 0.3 is 0 Å². The highest BCUT2D eigenvalue weighted by atomic mass is 19.2. The van der Waals surface area contributed by atoms with Crippen LogP contribution in [0, 0.1) is 11.6 Å². The van der Waals surface area contributed by atoms with Crippen LogP contribution in [0.4, 0.5) is 8.78 Å². The van der Waals surface area contributed by atoms with Crippen LogP contribution in [0.2, 0.25) is 0 Å². The van der Waals surface area contributed by atoms with Crippen molar-refractivity contribution in [3.63, 3.8) is 0 Å². The normalized spacial score (nSPS) is 11.4. The van der Waals surface area contributed by atoms with E-state index in [9.17, 15) is 8.78 Å². The van der Waals surface area contributed by atoms with Crippen LogP contribution in [0.1, 0.15) is 103 Å². The first kappa shape index (κ1) is 26.9. The second-order valence-corrected chi connectivity index (χ2v) is 8.65. The number of hydrogen-bond donors (Lipinski definition) is 0. The zero-order chi connectivity index (χ0) is 23.7. The first-order chi connectivity index (χ1) is 16.2. The lowest BCUT2D eigenvalue weighted by Crippen LogP contribution is -2.02. The van der Waals surface area contributed by atoms with Gasteiger partial charge < -0.3 is 4.74 Å². The summed E-state index contributed by atoms with van der Waals surface area (Å²) in [6.45, 7) is 4.80. The Hall–Kier alpha value is -2.30. The maximum atomic E-state index is 14.6. The first-order valence-electron chi connectivity index (χ1n) is 12.8. The minimum absolute atomic E-state index is 0.0437. The molecule has 0 spiro atoms. The van der Waals surface area contributed by atoms with Crippen LogP contribution < -0.4 is 4.74 Å². The van der Waals surface area contributed by atoms with Gasteiger partial charge in [-0.1, -0.05) is 90.2 Å². The number of rotatable bonds is 17. The summed E-state index contributed by atoms with van der Waals surface area (Å²) in [5.41, 5.74) is 0.894. The summed E-state index contributed by atoms with van der Waals surface area (Å²) in [6, 6.07) is 2.95. The molecule has 182 valence electrons. The van der Waals surface area contributed by atoms with E-state index < -0.39 is 11.6 Å². The van der Waals surface area contributed by atoms with E-state index in [1.54, 1.807) is 12.4 Å². The molecular formula is C28H40F2N2O. The van der Waals surface area contributed by atoms with Crippen LogP contribution in [0.3, 0.4) is 0 Å². The number of hydrogen-bond acceptors (Lipinski definition) is 3. The predicted octanol–water partition coefficient (Wildman–Crippen LogP) is 8.92. The number of allylic oxidation sites excluding steroid dienone is 1. The Balaban J connectivity index is 1.82. The summed E-state index contributed by atoms with van der Waals surface area (Å²) in [6.07, 6.45) is 22.7. The number of nitrogens with zero attached hydrogens (tertiary/aromatic N) is 2. The highest BCUT2D eigenvalue weighted by Crippen LogP contribution is 2.28. The monoisotopic (exact) mass is 458 g/mol. The van der Waals surface area contributed by atoms with E-state index in [1.807, 2.05) is 6.08 Å². The van der Waals surface area contributed by atoms with Crippen molar-refractivity contribution in [3.05, 3.63) is 47.8 Å². The SMILES string of the molecule is CCCCCCCC=Cc1cnc(-c2ccc(OCCCCCCCCC)c(F)c2F)nc1. The maximum absolute atomic E-state index is 14.6. The molecule has 2 rings (SSSR count). The third-order valence-corrected chi connectivity index (χ3v) is 5.75. The Morgan fingerprint density at radius 1 is 0.758 bits per heavy atom. The van der Waals surface area contributed by atoms with Gasteiger partial charge in [0, 0.05) is 18.0 Å². The van der Waals surface area contributed by atoms with Crippen molar-refractivity contribution in [1.29, 1.82) is 0 Å². The molecule has 0 fully saturated rings. The molecule has 0 amide bonds. The molecule has 2 aromatic rings. The summed E-state index contributed by atoms with van der Waals surface area (Å²) >= 11 is 0. The fourth-order valence-electron chi connectivity index (χ4n) is 3.71. The minimum atomic E-state index is -0.980. The largest absolute Gasteiger partial charge is 0.490 e. The van der Waals surface area contributed by atoms with Crippen LogP contribution >= 0.6 is 0 Å². The van der Waals surface area contributed by atoms with Crippen LogP contribution in [0.15, 0.2) is 30.6 Å². The van der Waals surface area contributed by atoms with Gasteiger partial charge in [-0.15, -0.1) is 0 Å². The molecule has 0 N–H and O–H groups in total. The van der Waals surface area contributed by atoms with Crippen molar-refractivity contribution < 1.29 is 13.5 Å². The Labute approximate surface area is 198 Å². The van der Waals surface area contributed by atoms with Crippen LogP contribution in [-0.4, -0.2) is 16.6 Å². The molecule has 0 unspecified atom stereocenters. The van der Waals surface area contributed by atoms with Gasteiger partial charge in [-0.2, -0.15) is 4.39 Å². The highest BCUT2D eigenvalue weighted by molar-refractivity contribution is 5.59. The second-order valence-electron chi connectivity index (χ2n) is 8.65. The second kappa shape index (κ2) is 16.3. The Bertz CT molecular complexity index is 821. The summed E-state index contributed by atoms with van der Waals surface area (Å²) < 4.78 is 34.6. The molecular weight excluding hydrogens is 418 g/mol. The number of ether oxygens (including phenoxy) is 1. The van der Waals surface area contributed by atoms with E-state index in [1.165, 1.54) is 69.9 Å². The Morgan fingerprint density at radius 3 is 2.03 bits per heavy atom. The fraction of sp³-hybridized carbons (Fsp3) is 0.571. The minimum Gasteiger partial charge on any atom is -0.490 e. The van der Waals surface area contributed by atoms with E-state index in [4.69, 9.17) is 4.74 Å². The van der Waals surface area contributed by atoms with E-state index in [0.717, 1.165) is 31.2 Å². The van der Waals surface area contributed by atoms with Crippen molar-refractivity contribution in [1.82, 2.24) is 9.97 Å². The average Bonchev–Trinajstić information content (AvgIpc) is 2.83. The summed E-state index contributed by atoms with van der Waals surface area (Å²) in [5.74, 6) is -1.84. The zero-order valence-corrected chi connectivity index (χ0v) is 20.4. The highest BCUT2D eigenvalue weighted by Gasteiger charge is 2.17. The summed E-state index contributed by atoms with van der Waals surface area (Å²) in [5, 5.41) is 0. The van der Waals surface area contributed by atoms with Gasteiger partial charge in [0.15, 0.2) is 17.4 Å². The lowest BCUT2D eigenvalue weighted by molar-refractivity contribution is 0.285. The topological polar surface area (TPSA) is 35.0 Å². The molecule has 0 radical (unpaired) electrons. The van der Waals surface area contributed by atoms with Gasteiger partial charge in [0.2, 0.25) is 5.82 Å². The molecule has 5 heteroatoms. The lowest BCUT2D eigenvalue weighted by atomic mass is 10.1. The van der Waals surface area contributed by atoms with Gasteiger partial charge in [-0.25, -0.2) is 14.4 Å². The number of aromatic nitrogens is 2. The molecule has 0 bridgehead atoms. The zero-order valence-electron chi connectivity index (χ0n) is 20.4. The molecule has 1 aromatic carbocycles. The number of halogens is 2. The maximum Gasteiger partial charge on any atom is 0.201 e. The lowest BCUT2D eigenvalue weighted by Gasteiger charge is -2.10. The van der Waals surface area contributed by atoms with E-state index >= 15 is 0 Å². The standard InChI is InChI=1S/C28H40F2N2O/c1-3-5-7-9-11-13-15-17-23-21-31-28(32-22-23)24-18-19-25(27(30)26(24)29)33-20-16-14-12-10-8-6-4-2/h15,17-19,21-22H,3-14,16,20H2,1-2H3. The molecule has 0 aliphatic rings. The summed E-state index contributed by atoms with van der Waals surface area (Å²) in [4.78, 5) is 8.45. The molecule has 0 aliphatic carbocycles. The third kappa shape index (κ3) is 10.0. The first-order valence-corrected chi connectivity index (χ1v) is 12.8.